The summed E-state index contributed by atoms with van der Waals surface area (Å²) in [6, 6.07) is 22.4. The number of anilines is 1. The van der Waals surface area contributed by atoms with Gasteiger partial charge in [-0.15, -0.1) is 0 Å². The minimum atomic E-state index is -0.229. The Hall–Kier alpha value is -3.04. The normalized spacial score (nSPS) is 16.3. The van der Waals surface area contributed by atoms with Crippen molar-refractivity contribution in [3.05, 3.63) is 83.9 Å². The third kappa shape index (κ3) is 2.40. The zero-order valence-electron chi connectivity index (χ0n) is 15.5. The molecule has 0 saturated carbocycles. The van der Waals surface area contributed by atoms with Crippen molar-refractivity contribution in [2.24, 2.45) is 0 Å². The van der Waals surface area contributed by atoms with Crippen molar-refractivity contribution >= 4 is 50.5 Å². The second-order valence-corrected chi connectivity index (χ2v) is 7.43. The first-order valence-electron chi connectivity index (χ1n) is 9.44. The summed E-state index contributed by atoms with van der Waals surface area (Å²) in [5.74, 6) is 0. The molecule has 2 heterocycles. The number of fused-ring (bicyclic) bond motifs is 4. The number of aromatic nitrogens is 1. The van der Waals surface area contributed by atoms with Gasteiger partial charge in [-0.3, -0.25) is 4.79 Å². The maximum atomic E-state index is 12.0. The van der Waals surface area contributed by atoms with Crippen LogP contribution in [0.1, 0.15) is 24.1 Å². The van der Waals surface area contributed by atoms with E-state index in [1.54, 1.807) is 4.90 Å². The zero-order valence-corrected chi connectivity index (χ0v) is 16.2. The van der Waals surface area contributed by atoms with Gasteiger partial charge in [-0.05, 0) is 42.8 Å². The van der Waals surface area contributed by atoms with Gasteiger partial charge in [0.2, 0.25) is 6.41 Å². The Morgan fingerprint density at radius 2 is 1.71 bits per heavy atom. The Balaban J connectivity index is 1.73. The minimum absolute atomic E-state index is 0.229. The molecule has 0 fully saturated rings. The second-order valence-electron chi connectivity index (χ2n) is 7.03. The van der Waals surface area contributed by atoms with Crippen LogP contribution in [-0.4, -0.2) is 11.0 Å². The van der Waals surface area contributed by atoms with Crippen molar-refractivity contribution in [3.8, 4) is 0 Å². The Bertz CT molecular complexity index is 1250. The molecule has 3 aromatic carbocycles. The molecule has 0 saturated heterocycles. The fourth-order valence-corrected chi connectivity index (χ4v) is 4.61. The fourth-order valence-electron chi connectivity index (χ4n) is 4.33. The molecule has 28 heavy (non-hydrogen) atoms. The smallest absolute Gasteiger partial charge is 0.214 e. The molecule has 0 spiro atoms. The molecule has 0 N–H and O–H groups in total. The van der Waals surface area contributed by atoms with E-state index in [9.17, 15) is 4.79 Å². The quantitative estimate of drug-likeness (QED) is 0.390. The van der Waals surface area contributed by atoms with Crippen LogP contribution in [0.25, 0.3) is 26.8 Å². The first-order valence-corrected chi connectivity index (χ1v) is 9.82. The Labute approximate surface area is 168 Å². The molecule has 0 aliphatic carbocycles. The van der Waals surface area contributed by atoms with Gasteiger partial charge in [0.1, 0.15) is 0 Å². The van der Waals surface area contributed by atoms with Gasteiger partial charge < -0.3 is 9.47 Å². The summed E-state index contributed by atoms with van der Waals surface area (Å²) >= 11 is 6.57. The van der Waals surface area contributed by atoms with Crippen LogP contribution in [0, 0.1) is 0 Å². The molecule has 138 valence electrons. The van der Waals surface area contributed by atoms with E-state index in [0.29, 0.717) is 5.03 Å². The highest BCUT2D eigenvalue weighted by Crippen LogP contribution is 2.42. The fraction of sp³-hybridized carbons (Fsp3) is 0.125. The van der Waals surface area contributed by atoms with Gasteiger partial charge in [0.25, 0.3) is 0 Å². The predicted octanol–water partition coefficient (Wildman–Crippen LogP) is 6.11. The van der Waals surface area contributed by atoms with Crippen LogP contribution >= 0.6 is 11.6 Å². The van der Waals surface area contributed by atoms with Crippen LogP contribution in [0.3, 0.4) is 0 Å². The maximum absolute atomic E-state index is 12.0. The van der Waals surface area contributed by atoms with E-state index in [-0.39, 0.29) is 6.04 Å². The lowest BCUT2D eigenvalue weighted by Crippen LogP contribution is -2.29. The highest BCUT2D eigenvalue weighted by atomic mass is 35.5. The summed E-state index contributed by atoms with van der Waals surface area (Å²) in [6.45, 7) is 3.07. The monoisotopic (exact) mass is 386 g/mol. The van der Waals surface area contributed by atoms with Crippen LogP contribution in [0.4, 0.5) is 5.69 Å². The number of halogens is 1. The summed E-state index contributed by atoms with van der Waals surface area (Å²) in [6.07, 6.45) is 2.85. The molecule has 4 heteroatoms. The van der Waals surface area contributed by atoms with E-state index < -0.39 is 0 Å². The highest BCUT2D eigenvalue weighted by molar-refractivity contribution is 6.49. The molecular weight excluding hydrogens is 368 g/mol. The predicted molar refractivity (Wildman–Crippen MR) is 117 cm³/mol. The molecule has 1 amide bonds. The van der Waals surface area contributed by atoms with E-state index in [0.717, 1.165) is 29.8 Å². The van der Waals surface area contributed by atoms with E-state index >= 15 is 0 Å². The molecule has 3 nitrogen and oxygen atoms in total. The molecule has 1 aliphatic heterocycles. The third-order valence-corrected chi connectivity index (χ3v) is 5.94. The number of aryl methyl sites for hydroxylation is 1. The molecule has 4 aromatic rings. The van der Waals surface area contributed by atoms with Gasteiger partial charge in [0.05, 0.1) is 11.7 Å². The summed E-state index contributed by atoms with van der Waals surface area (Å²) in [5, 5.41) is 3.10. The number of rotatable bonds is 3. The van der Waals surface area contributed by atoms with Crippen LogP contribution in [0.5, 0.6) is 0 Å². The van der Waals surface area contributed by atoms with Crippen molar-refractivity contribution in [1.29, 1.82) is 0 Å². The van der Waals surface area contributed by atoms with Crippen LogP contribution < -0.4 is 4.90 Å². The summed E-state index contributed by atoms with van der Waals surface area (Å²) in [7, 11) is 0. The Morgan fingerprint density at radius 3 is 2.54 bits per heavy atom. The van der Waals surface area contributed by atoms with Crippen LogP contribution in [0.15, 0.2) is 72.8 Å². The number of para-hydroxylation sites is 2. The topological polar surface area (TPSA) is 25.2 Å². The average molecular weight is 387 g/mol. The van der Waals surface area contributed by atoms with Gasteiger partial charge in [0, 0.05) is 38.9 Å². The summed E-state index contributed by atoms with van der Waals surface area (Å²) < 4.78 is 2.32. The van der Waals surface area contributed by atoms with Gasteiger partial charge in [-0.25, -0.2) is 0 Å². The van der Waals surface area contributed by atoms with Gasteiger partial charge in [-0.1, -0.05) is 54.1 Å². The number of hydrogen-bond acceptors (Lipinski definition) is 1. The second kappa shape index (κ2) is 6.54. The lowest BCUT2D eigenvalue weighted by Gasteiger charge is -2.32. The van der Waals surface area contributed by atoms with Crippen LogP contribution in [0.2, 0.25) is 0 Å². The first-order chi connectivity index (χ1) is 13.7. The van der Waals surface area contributed by atoms with E-state index in [2.05, 4.69) is 54.0 Å². The molecule has 0 bridgehead atoms. The van der Waals surface area contributed by atoms with Crippen molar-refractivity contribution in [2.45, 2.75) is 19.5 Å². The molecule has 5 rings (SSSR count). The van der Waals surface area contributed by atoms with E-state index in [1.165, 1.54) is 21.8 Å². The number of carbonyl (C=O) groups excluding carboxylic acids is 1. The zero-order chi connectivity index (χ0) is 19.3. The van der Waals surface area contributed by atoms with Gasteiger partial charge >= 0.3 is 0 Å². The molecule has 0 unspecified atom stereocenters. The number of benzene rings is 3. The SMILES string of the molecule is CCn1c2ccccc2c2cc([C@H]3C=C(Cl)c4ccccc4N3C=O)ccc21. The van der Waals surface area contributed by atoms with E-state index in [4.69, 9.17) is 11.6 Å². The molecule has 1 atom stereocenters. The van der Waals surface area contributed by atoms with Crippen molar-refractivity contribution in [3.63, 3.8) is 0 Å². The number of amides is 1. The molecule has 1 aliphatic rings. The third-order valence-electron chi connectivity index (χ3n) is 5.61. The summed E-state index contributed by atoms with van der Waals surface area (Å²) in [5.41, 5.74) is 5.21. The number of carbonyl (C=O) groups is 1. The molecular formula is C24H19ClN2O. The van der Waals surface area contributed by atoms with Crippen LogP contribution in [-0.2, 0) is 11.3 Å². The maximum Gasteiger partial charge on any atom is 0.214 e. The van der Waals surface area contributed by atoms with Gasteiger partial charge in [-0.2, -0.15) is 0 Å². The minimum Gasteiger partial charge on any atom is -0.341 e. The Kier molecular flexibility index (Phi) is 3.99. The van der Waals surface area contributed by atoms with Gasteiger partial charge in [0.15, 0.2) is 0 Å². The summed E-state index contributed by atoms with van der Waals surface area (Å²) in [4.78, 5) is 13.7. The van der Waals surface area contributed by atoms with Crippen molar-refractivity contribution < 1.29 is 4.79 Å². The number of nitrogens with zero attached hydrogens (tertiary/aromatic N) is 2. The molecule has 0 radical (unpaired) electrons. The number of hydrogen-bond donors (Lipinski definition) is 0. The first kappa shape index (κ1) is 17.1. The van der Waals surface area contributed by atoms with Crippen molar-refractivity contribution in [1.82, 2.24) is 4.57 Å². The lowest BCUT2D eigenvalue weighted by molar-refractivity contribution is -0.107. The lowest BCUT2D eigenvalue weighted by atomic mass is 9.96. The largest absolute Gasteiger partial charge is 0.341 e. The van der Waals surface area contributed by atoms with E-state index in [1.807, 2.05) is 30.3 Å². The highest BCUT2D eigenvalue weighted by Gasteiger charge is 2.27. The Morgan fingerprint density at radius 1 is 0.964 bits per heavy atom. The average Bonchev–Trinajstić information content (AvgIpc) is 3.06. The standard InChI is InChI=1S/C24H19ClN2O/c1-2-26-21-9-5-3-7-17(21)19-13-16(11-12-23(19)26)24-14-20(25)18-8-4-6-10-22(18)27(24)15-28/h3-15,24H,2H2,1H3/t24-/m1/s1. The molecule has 1 aromatic heterocycles. The van der Waals surface area contributed by atoms with Crippen molar-refractivity contribution in [2.75, 3.05) is 4.90 Å².